The van der Waals surface area contributed by atoms with E-state index in [-0.39, 0.29) is 17.1 Å². The molecule has 4 rings (SSSR count). The van der Waals surface area contributed by atoms with Gasteiger partial charge in [-0.3, -0.25) is 9.59 Å². The third-order valence-corrected chi connectivity index (χ3v) is 8.12. The quantitative estimate of drug-likeness (QED) is 0.268. The van der Waals surface area contributed by atoms with Crippen molar-refractivity contribution in [3.63, 3.8) is 0 Å². The van der Waals surface area contributed by atoms with Crippen molar-refractivity contribution in [2.45, 2.75) is 30.3 Å². The van der Waals surface area contributed by atoms with Crippen molar-refractivity contribution < 1.29 is 23.1 Å². The van der Waals surface area contributed by atoms with E-state index in [2.05, 4.69) is 20.1 Å². The number of hydrogen-bond donors (Lipinski definition) is 2. The number of carbonyl (C=O) groups is 2. The second-order valence-electron chi connectivity index (χ2n) is 8.87. The van der Waals surface area contributed by atoms with Gasteiger partial charge in [-0.15, -0.1) is 10.2 Å². The Bertz CT molecular complexity index is 1640. The molecule has 0 aliphatic carbocycles. The molecule has 0 spiro atoms. The lowest BCUT2D eigenvalue weighted by molar-refractivity contribution is -0.139. The molecule has 3 aromatic carbocycles. The van der Waals surface area contributed by atoms with Gasteiger partial charge in [0.1, 0.15) is 6.54 Å². The van der Waals surface area contributed by atoms with Gasteiger partial charge in [0, 0.05) is 47.0 Å². The second-order valence-corrected chi connectivity index (χ2v) is 11.4. The van der Waals surface area contributed by atoms with E-state index < -0.39 is 40.8 Å². The van der Waals surface area contributed by atoms with Gasteiger partial charge in [0.2, 0.25) is 10.0 Å². The van der Waals surface area contributed by atoms with Crippen LogP contribution in [0, 0.1) is 0 Å². The second kappa shape index (κ2) is 11.7. The number of hydrogen-bond acceptors (Lipinski definition) is 8. The van der Waals surface area contributed by atoms with Crippen LogP contribution in [-0.2, 0) is 32.6 Å². The van der Waals surface area contributed by atoms with Crippen LogP contribution >= 0.6 is 23.2 Å². The van der Waals surface area contributed by atoms with Gasteiger partial charge < -0.3 is 10.0 Å². The Morgan fingerprint density at radius 3 is 2.33 bits per heavy atom. The predicted octanol–water partition coefficient (Wildman–Crippen LogP) is 3.18. The van der Waals surface area contributed by atoms with Gasteiger partial charge in [-0.1, -0.05) is 53.5 Å². The number of carbonyl (C=O) groups excluding carboxylic acids is 1. The molecule has 14 heteroatoms. The number of anilines is 1. The zero-order valence-corrected chi connectivity index (χ0v) is 23.2. The molecule has 1 heterocycles. The van der Waals surface area contributed by atoms with Crippen LogP contribution in [0.25, 0.3) is 10.8 Å². The molecule has 1 aromatic heterocycles. The van der Waals surface area contributed by atoms with Crippen molar-refractivity contribution in [1.82, 2.24) is 24.9 Å². The fourth-order valence-corrected chi connectivity index (χ4v) is 6.03. The summed E-state index contributed by atoms with van der Waals surface area (Å²) in [7, 11) is -0.633. The maximum Gasteiger partial charge on any atom is 0.305 e. The van der Waals surface area contributed by atoms with Crippen LogP contribution in [0.5, 0.6) is 0 Å². The van der Waals surface area contributed by atoms with E-state index in [1.165, 1.54) is 6.07 Å². The van der Waals surface area contributed by atoms with Crippen molar-refractivity contribution in [3.05, 3.63) is 76.0 Å². The minimum atomic E-state index is -4.30. The predicted molar refractivity (Wildman–Crippen MR) is 147 cm³/mol. The number of tetrazole rings is 1. The molecule has 0 radical (unpaired) electrons. The van der Waals surface area contributed by atoms with Gasteiger partial charge in [0.15, 0.2) is 11.6 Å². The number of aromatic nitrogens is 4. The molecule has 39 heavy (non-hydrogen) atoms. The number of carboxylic acid groups (broad SMARTS) is 1. The number of halogens is 2. The third kappa shape index (κ3) is 6.53. The van der Waals surface area contributed by atoms with E-state index in [9.17, 15) is 23.1 Å². The van der Waals surface area contributed by atoms with Crippen molar-refractivity contribution in [2.24, 2.45) is 0 Å². The lowest BCUT2D eigenvalue weighted by atomic mass is 10.1. The summed E-state index contributed by atoms with van der Waals surface area (Å²) >= 11 is 12.4. The average molecular weight is 591 g/mol. The number of sulfonamides is 1. The normalized spacial score (nSPS) is 12.4. The molecule has 1 atom stereocenters. The minimum Gasteiger partial charge on any atom is -0.481 e. The van der Waals surface area contributed by atoms with E-state index in [0.29, 0.717) is 26.4 Å². The van der Waals surface area contributed by atoms with Crippen LogP contribution in [0.15, 0.2) is 59.5 Å². The molecule has 0 bridgehead atoms. The number of ketones is 1. The van der Waals surface area contributed by atoms with Crippen molar-refractivity contribution >= 4 is 61.4 Å². The largest absolute Gasteiger partial charge is 0.481 e. The summed E-state index contributed by atoms with van der Waals surface area (Å²) in [6.07, 6.45) is -0.629. The Kier molecular flexibility index (Phi) is 8.50. The molecule has 1 unspecified atom stereocenters. The third-order valence-electron chi connectivity index (χ3n) is 5.88. The van der Waals surface area contributed by atoms with Gasteiger partial charge in [-0.25, -0.2) is 8.42 Å². The van der Waals surface area contributed by atoms with E-state index in [4.69, 9.17) is 23.2 Å². The molecule has 0 aliphatic heterocycles. The minimum absolute atomic E-state index is 0.0790. The fourth-order valence-electron chi connectivity index (χ4n) is 4.06. The van der Waals surface area contributed by atoms with E-state index in [0.717, 1.165) is 10.5 Å². The Balaban J connectivity index is 1.57. The molecule has 0 fully saturated rings. The smallest absolute Gasteiger partial charge is 0.305 e. The van der Waals surface area contributed by atoms with Crippen molar-refractivity contribution in [3.8, 4) is 0 Å². The highest BCUT2D eigenvalue weighted by molar-refractivity contribution is 7.89. The summed E-state index contributed by atoms with van der Waals surface area (Å²) in [5.74, 6) is -1.89. The van der Waals surface area contributed by atoms with Crippen LogP contribution in [0.1, 0.15) is 17.8 Å². The molecule has 0 saturated heterocycles. The SMILES string of the molecule is CN(C)c1cccc2c(S(=O)(=O)NC(CC(=O)O)C(=O)Cn3nnc(Cc4c(Cl)cccc4Cl)n3)cccc12. The van der Waals surface area contributed by atoms with Crippen LogP contribution in [0.3, 0.4) is 0 Å². The van der Waals surface area contributed by atoms with Gasteiger partial charge in [-0.2, -0.15) is 9.52 Å². The first-order chi connectivity index (χ1) is 18.5. The molecule has 0 saturated carbocycles. The number of Topliss-reactive ketones (excluding diaryl/α,β-unsaturated/α-hetero) is 1. The zero-order chi connectivity index (χ0) is 28.3. The topological polar surface area (TPSA) is 147 Å². The van der Waals surface area contributed by atoms with E-state index >= 15 is 0 Å². The van der Waals surface area contributed by atoms with Crippen LogP contribution in [0.4, 0.5) is 5.69 Å². The van der Waals surface area contributed by atoms with Gasteiger partial charge >= 0.3 is 5.97 Å². The Morgan fingerprint density at radius 1 is 1.03 bits per heavy atom. The average Bonchev–Trinajstić information content (AvgIpc) is 3.31. The molecule has 4 aromatic rings. The van der Waals surface area contributed by atoms with Crippen LogP contribution in [-0.4, -0.2) is 65.6 Å². The standard InChI is InChI=1S/C25H24Cl2N6O5S/c1-32(2)21-10-3-7-16-15(21)6-4-11-23(16)39(37,38)30-20(13-25(35)36)22(34)14-33-29-24(28-31-33)12-17-18(26)8-5-9-19(17)27/h3-11,20,30H,12-14H2,1-2H3,(H,35,36). The van der Waals surface area contributed by atoms with Crippen molar-refractivity contribution in [2.75, 3.05) is 19.0 Å². The molecule has 204 valence electrons. The summed E-state index contributed by atoms with van der Waals surface area (Å²) < 4.78 is 29.1. The Hall–Kier alpha value is -3.58. The summed E-state index contributed by atoms with van der Waals surface area (Å²) in [4.78, 5) is 27.3. The molecular formula is C25H24Cl2N6O5S. The van der Waals surface area contributed by atoms with E-state index in [1.807, 2.05) is 25.1 Å². The van der Waals surface area contributed by atoms with Crippen LogP contribution in [0.2, 0.25) is 10.0 Å². The van der Waals surface area contributed by atoms with Gasteiger partial charge in [-0.05, 0) is 35.0 Å². The fraction of sp³-hybridized carbons (Fsp3) is 0.240. The van der Waals surface area contributed by atoms with Gasteiger partial charge in [0.05, 0.1) is 17.4 Å². The summed E-state index contributed by atoms with van der Waals surface area (Å²) in [5.41, 5.74) is 1.38. The number of nitrogens with zero attached hydrogens (tertiary/aromatic N) is 5. The first-order valence-corrected chi connectivity index (χ1v) is 13.9. The van der Waals surface area contributed by atoms with Crippen LogP contribution < -0.4 is 9.62 Å². The highest BCUT2D eigenvalue weighted by atomic mass is 35.5. The number of aliphatic carboxylic acids is 1. The maximum absolute atomic E-state index is 13.4. The maximum atomic E-state index is 13.4. The van der Waals surface area contributed by atoms with E-state index in [1.54, 1.807) is 42.5 Å². The highest BCUT2D eigenvalue weighted by Gasteiger charge is 2.30. The summed E-state index contributed by atoms with van der Waals surface area (Å²) in [6.45, 7) is -0.510. The Labute approximate surface area is 234 Å². The number of rotatable bonds is 11. The lowest BCUT2D eigenvalue weighted by Crippen LogP contribution is -2.43. The molecule has 2 N–H and O–H groups in total. The first-order valence-electron chi connectivity index (χ1n) is 11.6. The zero-order valence-electron chi connectivity index (χ0n) is 20.9. The molecule has 0 aliphatic rings. The lowest BCUT2D eigenvalue weighted by Gasteiger charge is -2.19. The summed E-state index contributed by atoms with van der Waals surface area (Å²) in [5, 5.41) is 23.2. The number of benzene rings is 3. The Morgan fingerprint density at radius 2 is 1.67 bits per heavy atom. The number of fused-ring (bicyclic) bond motifs is 1. The highest BCUT2D eigenvalue weighted by Crippen LogP contribution is 2.30. The molecule has 11 nitrogen and oxygen atoms in total. The number of nitrogens with one attached hydrogen (secondary N) is 1. The summed E-state index contributed by atoms with van der Waals surface area (Å²) in [6, 6.07) is 13.4. The van der Waals surface area contributed by atoms with Gasteiger partial charge in [0.25, 0.3) is 0 Å². The first kappa shape index (κ1) is 28.4. The molecule has 0 amide bonds. The number of carboxylic acids is 1. The molecular weight excluding hydrogens is 567 g/mol. The monoisotopic (exact) mass is 590 g/mol. The van der Waals surface area contributed by atoms with Crippen molar-refractivity contribution in [1.29, 1.82) is 0 Å².